The number of nitrogens with zero attached hydrogens (tertiary/aromatic N) is 1. The molecule has 4 heteroatoms. The minimum atomic E-state index is -0.738. The molecule has 0 spiro atoms. The number of hydrogen-bond donors (Lipinski definition) is 0. The highest BCUT2D eigenvalue weighted by Crippen LogP contribution is 2.39. The number of halogens is 1. The molecule has 0 saturated carbocycles. The van der Waals surface area contributed by atoms with Crippen molar-refractivity contribution in [3.63, 3.8) is 0 Å². The maximum absolute atomic E-state index is 12.9. The smallest absolute Gasteiger partial charge is 0.171 e. The number of rotatable bonds is 3. The number of ether oxygens (including phenoxy) is 1. The van der Waals surface area contributed by atoms with Gasteiger partial charge in [0, 0.05) is 19.3 Å². The van der Waals surface area contributed by atoms with Gasteiger partial charge in [-0.2, -0.15) is 0 Å². The Morgan fingerprint density at radius 2 is 1.75 bits per heavy atom. The Hall–Kier alpha value is -1.42. The first-order valence-electron chi connectivity index (χ1n) is 6.85. The molecule has 0 aliphatic carbocycles. The molecule has 1 heterocycles. The van der Waals surface area contributed by atoms with Crippen LogP contribution in [0.15, 0.2) is 24.3 Å². The lowest BCUT2D eigenvalue weighted by atomic mass is 9.85. The van der Waals surface area contributed by atoms with Gasteiger partial charge >= 0.3 is 0 Å². The molecule has 1 saturated heterocycles. The van der Waals surface area contributed by atoms with Crippen molar-refractivity contribution in [2.75, 3.05) is 18.5 Å². The van der Waals surface area contributed by atoms with Gasteiger partial charge < -0.3 is 9.64 Å². The number of benzene rings is 1. The second kappa shape index (κ2) is 4.85. The van der Waals surface area contributed by atoms with E-state index in [4.69, 9.17) is 4.74 Å². The first-order valence-corrected chi connectivity index (χ1v) is 6.85. The molecule has 1 aromatic carbocycles. The molecule has 0 radical (unpaired) electrons. The molecular formula is C16H22FNO2. The quantitative estimate of drug-likeness (QED) is 0.851. The molecule has 1 aliphatic rings. The van der Waals surface area contributed by atoms with Gasteiger partial charge in [0.25, 0.3) is 0 Å². The van der Waals surface area contributed by atoms with E-state index in [9.17, 15) is 9.18 Å². The van der Waals surface area contributed by atoms with E-state index in [0.29, 0.717) is 6.54 Å². The van der Waals surface area contributed by atoms with Crippen LogP contribution in [0.5, 0.6) is 0 Å². The van der Waals surface area contributed by atoms with Crippen LogP contribution >= 0.6 is 0 Å². The first-order chi connectivity index (χ1) is 9.13. The number of ketones is 1. The maximum Gasteiger partial charge on any atom is 0.171 e. The summed E-state index contributed by atoms with van der Waals surface area (Å²) in [7, 11) is 1.90. The highest BCUT2D eigenvalue weighted by atomic mass is 19.1. The molecule has 0 bridgehead atoms. The molecule has 3 nitrogen and oxygen atoms in total. The largest absolute Gasteiger partial charge is 0.374 e. The molecule has 1 unspecified atom stereocenters. The van der Waals surface area contributed by atoms with E-state index in [2.05, 4.69) is 0 Å². The topological polar surface area (TPSA) is 29.5 Å². The highest BCUT2D eigenvalue weighted by Gasteiger charge is 2.53. The fourth-order valence-electron chi connectivity index (χ4n) is 2.89. The summed E-state index contributed by atoms with van der Waals surface area (Å²) in [4.78, 5) is 14.4. The van der Waals surface area contributed by atoms with Crippen LogP contribution in [0, 0.1) is 11.7 Å². The van der Waals surface area contributed by atoms with Gasteiger partial charge in [-0.25, -0.2) is 4.39 Å². The SMILES string of the molecule is CN(CC1C(=O)C(C)(C)OC1(C)C)c1ccc(F)cc1. The zero-order valence-corrected chi connectivity index (χ0v) is 12.7. The molecule has 110 valence electrons. The average Bonchev–Trinajstić information content (AvgIpc) is 2.48. The minimum Gasteiger partial charge on any atom is -0.374 e. The highest BCUT2D eigenvalue weighted by molar-refractivity contribution is 5.92. The summed E-state index contributed by atoms with van der Waals surface area (Å²) < 4.78 is 18.8. The van der Waals surface area contributed by atoms with Crippen molar-refractivity contribution in [3.05, 3.63) is 30.1 Å². The van der Waals surface area contributed by atoms with Crippen molar-refractivity contribution in [2.45, 2.75) is 38.9 Å². The molecule has 0 N–H and O–H groups in total. The van der Waals surface area contributed by atoms with Crippen LogP contribution in [-0.4, -0.2) is 30.6 Å². The predicted molar refractivity (Wildman–Crippen MR) is 77.4 cm³/mol. The van der Waals surface area contributed by atoms with Gasteiger partial charge in [0.15, 0.2) is 5.78 Å². The Kier molecular flexibility index (Phi) is 3.63. The lowest BCUT2D eigenvalue weighted by molar-refractivity contribution is -0.132. The third-order valence-electron chi connectivity index (χ3n) is 3.99. The normalized spacial score (nSPS) is 23.9. The van der Waals surface area contributed by atoms with Crippen molar-refractivity contribution in [3.8, 4) is 0 Å². The van der Waals surface area contributed by atoms with Crippen molar-refractivity contribution < 1.29 is 13.9 Å². The maximum atomic E-state index is 12.9. The third-order valence-corrected chi connectivity index (χ3v) is 3.99. The van der Waals surface area contributed by atoms with E-state index in [-0.39, 0.29) is 17.5 Å². The van der Waals surface area contributed by atoms with Gasteiger partial charge in [-0.15, -0.1) is 0 Å². The zero-order valence-electron chi connectivity index (χ0n) is 12.7. The lowest BCUT2D eigenvalue weighted by Crippen LogP contribution is -2.39. The third kappa shape index (κ3) is 2.70. The summed E-state index contributed by atoms with van der Waals surface area (Å²) in [6, 6.07) is 6.28. The molecule has 0 aromatic heterocycles. The van der Waals surface area contributed by atoms with Crippen molar-refractivity contribution in [2.24, 2.45) is 5.92 Å². The van der Waals surface area contributed by atoms with Crippen LogP contribution in [-0.2, 0) is 9.53 Å². The Morgan fingerprint density at radius 1 is 1.20 bits per heavy atom. The lowest BCUT2D eigenvalue weighted by Gasteiger charge is -2.29. The average molecular weight is 279 g/mol. The minimum absolute atomic E-state index is 0.122. The molecule has 1 aliphatic heterocycles. The van der Waals surface area contributed by atoms with Crippen molar-refractivity contribution in [1.82, 2.24) is 0 Å². The fraction of sp³-hybridized carbons (Fsp3) is 0.562. The van der Waals surface area contributed by atoms with Gasteiger partial charge in [0.1, 0.15) is 11.4 Å². The standard InChI is InChI=1S/C16H22FNO2/c1-15(2)13(14(19)16(3,4)20-15)10-18(5)12-8-6-11(17)7-9-12/h6-9,13H,10H2,1-5H3. The van der Waals surface area contributed by atoms with Gasteiger partial charge in [0.05, 0.1) is 11.5 Å². The molecule has 1 aromatic rings. The molecular weight excluding hydrogens is 257 g/mol. The van der Waals surface area contributed by atoms with Gasteiger partial charge in [-0.05, 0) is 52.0 Å². The summed E-state index contributed by atoms with van der Waals surface area (Å²) >= 11 is 0. The second-order valence-corrected chi connectivity index (χ2v) is 6.49. The van der Waals surface area contributed by atoms with Crippen LogP contribution in [0.1, 0.15) is 27.7 Å². The van der Waals surface area contributed by atoms with E-state index in [0.717, 1.165) is 5.69 Å². The van der Waals surface area contributed by atoms with E-state index in [1.165, 1.54) is 12.1 Å². The molecule has 20 heavy (non-hydrogen) atoms. The predicted octanol–water partition coefficient (Wildman–Crippen LogP) is 3.03. The first kappa shape index (κ1) is 15.0. The van der Waals surface area contributed by atoms with Crippen LogP contribution < -0.4 is 4.90 Å². The van der Waals surface area contributed by atoms with E-state index < -0.39 is 11.2 Å². The number of Topliss-reactive ketones (excluding diaryl/α,β-unsaturated/α-hetero) is 1. The Balaban J connectivity index is 2.17. The molecule has 1 fully saturated rings. The Morgan fingerprint density at radius 3 is 2.20 bits per heavy atom. The van der Waals surface area contributed by atoms with Crippen LogP contribution in [0.4, 0.5) is 10.1 Å². The number of carbonyl (C=O) groups excluding carboxylic acids is 1. The van der Waals surface area contributed by atoms with E-state index in [1.807, 2.05) is 39.6 Å². The van der Waals surface area contributed by atoms with Gasteiger partial charge in [-0.1, -0.05) is 0 Å². The zero-order chi connectivity index (χ0) is 15.1. The van der Waals surface area contributed by atoms with Crippen LogP contribution in [0.2, 0.25) is 0 Å². The monoisotopic (exact) mass is 279 g/mol. The van der Waals surface area contributed by atoms with Crippen molar-refractivity contribution in [1.29, 1.82) is 0 Å². The summed E-state index contributed by atoms with van der Waals surface area (Å²) in [5.74, 6) is -0.340. The molecule has 1 atom stereocenters. The summed E-state index contributed by atoms with van der Waals surface area (Å²) in [6.07, 6.45) is 0. The van der Waals surface area contributed by atoms with E-state index >= 15 is 0 Å². The Bertz CT molecular complexity index is 508. The van der Waals surface area contributed by atoms with Crippen LogP contribution in [0.25, 0.3) is 0 Å². The Labute approximate surface area is 119 Å². The molecule has 0 amide bonds. The van der Waals surface area contributed by atoms with Crippen molar-refractivity contribution >= 4 is 11.5 Å². The summed E-state index contributed by atoms with van der Waals surface area (Å²) in [6.45, 7) is 8.08. The van der Waals surface area contributed by atoms with Gasteiger partial charge in [0.2, 0.25) is 0 Å². The fourth-order valence-corrected chi connectivity index (χ4v) is 2.89. The molecule has 2 rings (SSSR count). The summed E-state index contributed by atoms with van der Waals surface area (Å²) in [5.41, 5.74) is -0.341. The van der Waals surface area contributed by atoms with Gasteiger partial charge in [-0.3, -0.25) is 4.79 Å². The second-order valence-electron chi connectivity index (χ2n) is 6.49. The number of carbonyl (C=O) groups is 1. The van der Waals surface area contributed by atoms with E-state index in [1.54, 1.807) is 12.1 Å². The summed E-state index contributed by atoms with van der Waals surface area (Å²) in [5, 5.41) is 0. The number of hydrogen-bond acceptors (Lipinski definition) is 3. The van der Waals surface area contributed by atoms with Crippen LogP contribution in [0.3, 0.4) is 0 Å². The number of anilines is 1.